The molecule has 0 aliphatic rings. The molecule has 5 heteroatoms. The van der Waals surface area contributed by atoms with Crippen molar-refractivity contribution >= 4 is 5.88 Å². The molecule has 3 aromatic rings. The predicted molar refractivity (Wildman–Crippen MR) is 75.3 cm³/mol. The van der Waals surface area contributed by atoms with Crippen LogP contribution in [0, 0.1) is 6.92 Å². The normalized spacial score (nSPS) is 10.7. The lowest BCUT2D eigenvalue weighted by molar-refractivity contribution is 0.416. The molecule has 2 N–H and O–H groups in total. The third kappa shape index (κ3) is 1.84. The Morgan fingerprint density at radius 2 is 2.00 bits per heavy atom. The number of hydrogen-bond donors (Lipinski definition) is 1. The Kier molecular flexibility index (Phi) is 2.95. The second kappa shape index (κ2) is 4.77. The Hall–Kier alpha value is -2.69. The minimum Gasteiger partial charge on any atom is -0.496 e. The van der Waals surface area contributed by atoms with Gasteiger partial charge in [0.25, 0.3) is 0 Å². The van der Waals surface area contributed by atoms with Crippen molar-refractivity contribution in [3.05, 3.63) is 42.2 Å². The first kappa shape index (κ1) is 12.3. The number of benzene rings is 1. The minimum atomic E-state index is 0.236. The van der Waals surface area contributed by atoms with Crippen molar-refractivity contribution in [2.24, 2.45) is 0 Å². The number of hydrogen-bond acceptors (Lipinski definition) is 5. The molecule has 2 heterocycles. The molecule has 5 nitrogen and oxygen atoms in total. The maximum Gasteiger partial charge on any atom is 0.230 e. The highest BCUT2D eigenvalue weighted by molar-refractivity contribution is 5.88. The van der Waals surface area contributed by atoms with Crippen LogP contribution < -0.4 is 10.5 Å². The van der Waals surface area contributed by atoms with E-state index in [0.29, 0.717) is 22.8 Å². The van der Waals surface area contributed by atoms with Crippen LogP contribution in [0.15, 0.2) is 45.5 Å². The highest BCUT2D eigenvalue weighted by Crippen LogP contribution is 2.41. The van der Waals surface area contributed by atoms with Gasteiger partial charge >= 0.3 is 0 Å². The Morgan fingerprint density at radius 3 is 2.70 bits per heavy atom. The molecule has 0 bridgehead atoms. The van der Waals surface area contributed by atoms with Gasteiger partial charge in [-0.05, 0) is 24.6 Å². The van der Waals surface area contributed by atoms with Gasteiger partial charge in [0.1, 0.15) is 5.75 Å². The SMILES string of the molecule is COc1ccccc1-c1c(-c2occc2C)noc1N. The van der Waals surface area contributed by atoms with Crippen molar-refractivity contribution in [1.82, 2.24) is 5.16 Å². The molecule has 0 atom stereocenters. The molecule has 0 aliphatic carbocycles. The maximum atomic E-state index is 5.93. The molecule has 0 amide bonds. The predicted octanol–water partition coefficient (Wildman–Crippen LogP) is 3.50. The van der Waals surface area contributed by atoms with Crippen molar-refractivity contribution in [3.63, 3.8) is 0 Å². The van der Waals surface area contributed by atoms with E-state index < -0.39 is 0 Å². The summed E-state index contributed by atoms with van der Waals surface area (Å²) in [6.07, 6.45) is 1.61. The van der Waals surface area contributed by atoms with Crippen molar-refractivity contribution < 1.29 is 13.7 Å². The van der Waals surface area contributed by atoms with Crippen molar-refractivity contribution in [2.45, 2.75) is 6.92 Å². The lowest BCUT2D eigenvalue weighted by atomic mass is 10.0. The number of nitrogens with two attached hydrogens (primary N) is 1. The molecule has 0 aliphatic heterocycles. The van der Waals surface area contributed by atoms with E-state index in [1.54, 1.807) is 13.4 Å². The molecule has 102 valence electrons. The van der Waals surface area contributed by atoms with Crippen LogP contribution in [0.1, 0.15) is 5.56 Å². The van der Waals surface area contributed by atoms with Crippen LogP contribution in [0.3, 0.4) is 0 Å². The fourth-order valence-electron chi connectivity index (χ4n) is 2.18. The van der Waals surface area contributed by atoms with Gasteiger partial charge in [-0.2, -0.15) is 0 Å². The first-order valence-electron chi connectivity index (χ1n) is 6.15. The molecule has 0 saturated carbocycles. The van der Waals surface area contributed by atoms with E-state index >= 15 is 0 Å². The average Bonchev–Trinajstić information content (AvgIpc) is 3.04. The number of para-hydroxylation sites is 1. The number of anilines is 1. The van der Waals surface area contributed by atoms with E-state index in [0.717, 1.165) is 11.1 Å². The third-order valence-electron chi connectivity index (χ3n) is 3.17. The summed E-state index contributed by atoms with van der Waals surface area (Å²) < 4.78 is 16.0. The van der Waals surface area contributed by atoms with Crippen LogP contribution in [-0.4, -0.2) is 12.3 Å². The molecular weight excluding hydrogens is 256 g/mol. The Labute approximate surface area is 115 Å². The topological polar surface area (TPSA) is 74.4 Å². The van der Waals surface area contributed by atoms with Gasteiger partial charge in [-0.3, -0.25) is 0 Å². The van der Waals surface area contributed by atoms with Gasteiger partial charge < -0.3 is 19.4 Å². The second-order valence-electron chi connectivity index (χ2n) is 4.40. The van der Waals surface area contributed by atoms with E-state index in [4.69, 9.17) is 19.4 Å². The fraction of sp³-hybridized carbons (Fsp3) is 0.133. The summed E-state index contributed by atoms with van der Waals surface area (Å²) in [5.74, 6) is 1.58. The molecule has 0 spiro atoms. The molecule has 1 aromatic carbocycles. The zero-order valence-corrected chi connectivity index (χ0v) is 11.2. The number of aryl methyl sites for hydroxylation is 1. The van der Waals surface area contributed by atoms with Crippen LogP contribution >= 0.6 is 0 Å². The molecule has 0 radical (unpaired) electrons. The fourth-order valence-corrected chi connectivity index (χ4v) is 2.18. The molecule has 0 saturated heterocycles. The standard InChI is InChI=1S/C15H14N2O3/c1-9-7-8-19-14(9)13-12(15(16)20-17-13)10-5-3-4-6-11(10)18-2/h3-8H,16H2,1-2H3. The summed E-state index contributed by atoms with van der Waals surface area (Å²) in [6.45, 7) is 1.94. The van der Waals surface area contributed by atoms with E-state index in [1.165, 1.54) is 0 Å². The molecule has 0 fully saturated rings. The minimum absolute atomic E-state index is 0.236. The van der Waals surface area contributed by atoms with E-state index in [2.05, 4.69) is 5.16 Å². The molecule has 0 unspecified atom stereocenters. The maximum absolute atomic E-state index is 5.93. The van der Waals surface area contributed by atoms with E-state index in [-0.39, 0.29) is 5.88 Å². The number of nitrogens with zero attached hydrogens (tertiary/aromatic N) is 1. The summed E-state index contributed by atoms with van der Waals surface area (Å²) in [4.78, 5) is 0. The molecule has 3 rings (SSSR count). The summed E-state index contributed by atoms with van der Waals surface area (Å²) >= 11 is 0. The number of ether oxygens (including phenoxy) is 1. The van der Waals surface area contributed by atoms with Gasteiger partial charge in [-0.15, -0.1) is 0 Å². The number of methoxy groups -OCH3 is 1. The summed E-state index contributed by atoms with van der Waals surface area (Å²) in [5, 5.41) is 4.02. The highest BCUT2D eigenvalue weighted by Gasteiger charge is 2.23. The third-order valence-corrected chi connectivity index (χ3v) is 3.17. The van der Waals surface area contributed by atoms with Gasteiger partial charge in [-0.1, -0.05) is 23.4 Å². The number of furan rings is 1. The number of nitrogen functional groups attached to an aromatic ring is 1. The van der Waals surface area contributed by atoms with Crippen molar-refractivity contribution in [2.75, 3.05) is 12.8 Å². The Bertz CT molecular complexity index is 743. The lowest BCUT2D eigenvalue weighted by Gasteiger charge is -2.07. The highest BCUT2D eigenvalue weighted by atomic mass is 16.5. The Morgan fingerprint density at radius 1 is 1.20 bits per heavy atom. The first-order chi connectivity index (χ1) is 9.72. The molecule has 2 aromatic heterocycles. The lowest BCUT2D eigenvalue weighted by Crippen LogP contribution is -1.92. The number of aromatic nitrogens is 1. The van der Waals surface area contributed by atoms with Crippen molar-refractivity contribution in [1.29, 1.82) is 0 Å². The second-order valence-corrected chi connectivity index (χ2v) is 4.40. The van der Waals surface area contributed by atoms with Gasteiger partial charge in [-0.25, -0.2) is 0 Å². The van der Waals surface area contributed by atoms with Gasteiger partial charge in [0, 0.05) is 5.56 Å². The first-order valence-corrected chi connectivity index (χ1v) is 6.15. The molecule has 20 heavy (non-hydrogen) atoms. The summed E-state index contributed by atoms with van der Waals surface area (Å²) in [6, 6.07) is 9.43. The molecular formula is C15H14N2O3. The zero-order valence-electron chi connectivity index (χ0n) is 11.2. The van der Waals surface area contributed by atoms with Gasteiger partial charge in [0.05, 0.1) is 18.9 Å². The zero-order chi connectivity index (χ0) is 14.1. The smallest absolute Gasteiger partial charge is 0.230 e. The quantitative estimate of drug-likeness (QED) is 0.788. The van der Waals surface area contributed by atoms with Crippen LogP contribution in [0.2, 0.25) is 0 Å². The monoisotopic (exact) mass is 270 g/mol. The van der Waals surface area contributed by atoms with Crippen LogP contribution in [-0.2, 0) is 0 Å². The van der Waals surface area contributed by atoms with E-state index in [1.807, 2.05) is 37.3 Å². The largest absolute Gasteiger partial charge is 0.496 e. The van der Waals surface area contributed by atoms with Crippen molar-refractivity contribution in [3.8, 4) is 28.3 Å². The van der Waals surface area contributed by atoms with Crippen LogP contribution in [0.5, 0.6) is 5.75 Å². The van der Waals surface area contributed by atoms with Gasteiger partial charge in [0.15, 0.2) is 11.5 Å². The summed E-state index contributed by atoms with van der Waals surface area (Å²) in [5.41, 5.74) is 8.97. The van der Waals surface area contributed by atoms with Crippen LogP contribution in [0.4, 0.5) is 5.88 Å². The van der Waals surface area contributed by atoms with Gasteiger partial charge in [0.2, 0.25) is 5.88 Å². The van der Waals surface area contributed by atoms with Crippen LogP contribution in [0.25, 0.3) is 22.6 Å². The Balaban J connectivity index is 2.25. The average molecular weight is 270 g/mol. The number of rotatable bonds is 3. The summed E-state index contributed by atoms with van der Waals surface area (Å²) in [7, 11) is 1.61. The van der Waals surface area contributed by atoms with E-state index in [9.17, 15) is 0 Å².